The van der Waals surface area contributed by atoms with Crippen LogP contribution in [0.3, 0.4) is 0 Å². The monoisotopic (exact) mass is 554 g/mol. The number of alkyl halides is 6. The number of hydrogen-bond donors (Lipinski definition) is 0. The zero-order valence-electron chi connectivity index (χ0n) is 11.4. The minimum Gasteiger partial charge on any atom is -0.789 e. The predicted octanol–water partition coefficient (Wildman–Crippen LogP) is 4.08. The van der Waals surface area contributed by atoms with Crippen LogP contribution in [0, 0.1) is 0 Å². The minimum atomic E-state index is -0.204. The molecule has 0 heterocycles. The second-order valence-corrected chi connectivity index (χ2v) is 10.7. The van der Waals surface area contributed by atoms with E-state index in [-0.39, 0.29) is 69.8 Å². The molecule has 0 N–H and O–H groups in total. The Balaban J connectivity index is 0.000000403. The normalized spacial score (nSPS) is 50.3. The fourth-order valence-corrected chi connectivity index (χ4v) is 6.08. The number of halogens is 6. The quantitative estimate of drug-likeness (QED) is 0.250. The first kappa shape index (κ1) is 26.6. The van der Waals surface area contributed by atoms with Crippen molar-refractivity contribution in [2.45, 2.75) is 66.1 Å². The topological polar surface area (TPSA) is 0 Å². The van der Waals surface area contributed by atoms with Crippen molar-refractivity contribution in [1.29, 1.82) is 0 Å². The fraction of sp³-hybridized carbons (Fsp3) is 1.00. The molecular weight excluding hydrogens is 544 g/mol. The van der Waals surface area contributed by atoms with Crippen LogP contribution in [-0.2, 0) is 67.0 Å². The van der Waals surface area contributed by atoms with E-state index >= 15 is 0 Å². The third-order valence-corrected chi connectivity index (χ3v) is 10.1. The maximum absolute atomic E-state index is 5.92. The molecule has 0 bridgehead atoms. The Bertz CT molecular complexity index is 298. The molecule has 10 atom stereocenters. The smallest absolute Gasteiger partial charge is 0.789 e. The third kappa shape index (κ3) is 7.52. The Morgan fingerprint density at radius 3 is 1.00 bits per heavy atom. The molecule has 0 saturated heterocycles. The van der Waals surface area contributed by atoms with Gasteiger partial charge >= 0.3 is 16.5 Å². The molecule has 2 saturated carbocycles. The van der Waals surface area contributed by atoms with Gasteiger partial charge in [-0.25, -0.2) is 0 Å². The summed E-state index contributed by atoms with van der Waals surface area (Å²) in [5.41, 5.74) is 0. The van der Waals surface area contributed by atoms with Gasteiger partial charge in [0, 0.05) is 32.3 Å². The van der Waals surface area contributed by atoms with Crippen molar-refractivity contribution >= 4 is 120 Å². The molecule has 139 valence electrons. The van der Waals surface area contributed by atoms with Crippen LogP contribution in [0.4, 0.5) is 0 Å². The molecule has 0 aromatic heterocycles. The average molecular weight is 558 g/mol. The van der Waals surface area contributed by atoms with Crippen LogP contribution in [0.15, 0.2) is 0 Å². The summed E-state index contributed by atoms with van der Waals surface area (Å²) in [6.07, 6.45) is 1.33. The maximum Gasteiger partial charge on any atom is 3.00 e. The van der Waals surface area contributed by atoms with Crippen molar-refractivity contribution in [2.75, 3.05) is 0 Å². The van der Waals surface area contributed by atoms with Gasteiger partial charge in [0.05, 0.1) is 0 Å². The molecule has 0 spiro atoms. The minimum absolute atomic E-state index is 0. The van der Waals surface area contributed by atoms with Gasteiger partial charge in [0.15, 0.2) is 0 Å². The standard InChI is InChI=1S/2C6H9Cl3S2.Ni/c2*7-2-1-3(8)5(10)6(11)4(2)9;/h2*2-6,10-11H,1H2;/q;;+3/p-4. The van der Waals surface area contributed by atoms with Crippen LogP contribution in [-0.4, -0.2) is 53.3 Å². The van der Waals surface area contributed by atoms with E-state index in [1.807, 2.05) is 0 Å². The molecule has 0 nitrogen and oxygen atoms in total. The maximum atomic E-state index is 5.92. The van der Waals surface area contributed by atoms with E-state index in [0.29, 0.717) is 12.8 Å². The molecule has 10 unspecified atom stereocenters. The molecule has 0 amide bonds. The summed E-state index contributed by atoms with van der Waals surface area (Å²) in [5, 5.41) is -1.44. The van der Waals surface area contributed by atoms with Crippen molar-refractivity contribution in [1.82, 2.24) is 0 Å². The molecule has 11 heteroatoms. The average Bonchev–Trinajstić information content (AvgIpc) is 2.47. The second kappa shape index (κ2) is 12.3. The van der Waals surface area contributed by atoms with E-state index in [4.69, 9.17) is 120 Å². The van der Waals surface area contributed by atoms with Crippen LogP contribution >= 0.6 is 69.6 Å². The van der Waals surface area contributed by atoms with Crippen LogP contribution in [0.25, 0.3) is 0 Å². The van der Waals surface area contributed by atoms with Gasteiger partial charge in [-0.05, 0) is 12.8 Å². The first-order chi connectivity index (χ1) is 10.1. The third-order valence-electron chi connectivity index (χ3n) is 3.58. The molecule has 0 aromatic rings. The van der Waals surface area contributed by atoms with Gasteiger partial charge in [-0.2, -0.15) is 21.0 Å². The molecule has 2 aliphatic carbocycles. The van der Waals surface area contributed by atoms with Gasteiger partial charge in [0.1, 0.15) is 0 Å². The Kier molecular flexibility index (Phi) is 14.2. The summed E-state index contributed by atoms with van der Waals surface area (Å²) < 4.78 is 0. The van der Waals surface area contributed by atoms with Gasteiger partial charge in [-0.15, -0.1) is 69.6 Å². The van der Waals surface area contributed by atoms with Crippen molar-refractivity contribution in [3.05, 3.63) is 0 Å². The van der Waals surface area contributed by atoms with Gasteiger partial charge in [-0.3, -0.25) is 0 Å². The Morgan fingerprint density at radius 2 is 0.739 bits per heavy atom. The van der Waals surface area contributed by atoms with Gasteiger partial charge in [0.2, 0.25) is 0 Å². The summed E-state index contributed by atoms with van der Waals surface area (Å²) in [5.74, 6) is 0. The largest absolute Gasteiger partial charge is 3.00 e. The van der Waals surface area contributed by atoms with Crippen molar-refractivity contribution in [2.24, 2.45) is 0 Å². The zero-order valence-corrected chi connectivity index (χ0v) is 20.2. The first-order valence-electron chi connectivity index (χ1n) is 6.55. The van der Waals surface area contributed by atoms with E-state index in [0.717, 1.165) is 0 Å². The molecule has 2 rings (SSSR count). The van der Waals surface area contributed by atoms with E-state index < -0.39 is 0 Å². The van der Waals surface area contributed by atoms with Gasteiger partial charge < -0.3 is 50.5 Å². The zero-order chi connectivity index (χ0) is 17.2. The van der Waals surface area contributed by atoms with E-state index in [1.54, 1.807) is 0 Å². The van der Waals surface area contributed by atoms with E-state index in [1.165, 1.54) is 0 Å². The molecule has 2 fully saturated rings. The van der Waals surface area contributed by atoms with Crippen LogP contribution < -0.4 is 0 Å². The van der Waals surface area contributed by atoms with Crippen molar-refractivity contribution < 1.29 is 16.5 Å². The summed E-state index contributed by atoms with van der Waals surface area (Å²) in [6.45, 7) is 0. The van der Waals surface area contributed by atoms with Crippen LogP contribution in [0.1, 0.15) is 12.8 Å². The number of hydrogen-bond acceptors (Lipinski definition) is 4. The SMILES string of the molecule is [Ni+3].[S-]C1C(Cl)CC(Cl)C(Cl)C1[S-].[S-]C1C(Cl)CC(Cl)C(Cl)C1[S-]. The van der Waals surface area contributed by atoms with Gasteiger partial charge in [0.25, 0.3) is 0 Å². The summed E-state index contributed by atoms with van der Waals surface area (Å²) in [4.78, 5) is 0. The van der Waals surface area contributed by atoms with Crippen LogP contribution in [0.5, 0.6) is 0 Å². The van der Waals surface area contributed by atoms with E-state index in [9.17, 15) is 0 Å². The van der Waals surface area contributed by atoms with Crippen molar-refractivity contribution in [3.8, 4) is 0 Å². The second-order valence-electron chi connectivity index (χ2n) is 5.28. The Hall–Kier alpha value is 3.63. The summed E-state index contributed by atoms with van der Waals surface area (Å²) in [7, 11) is 0. The molecule has 1 radical (unpaired) electrons. The molecular formula is C12H14Cl6NiS4-. The van der Waals surface area contributed by atoms with Crippen LogP contribution in [0.2, 0.25) is 0 Å². The summed E-state index contributed by atoms with van der Waals surface area (Å²) >= 11 is 55.8. The first-order valence-corrected chi connectivity index (χ1v) is 11.1. The molecule has 23 heavy (non-hydrogen) atoms. The Morgan fingerprint density at radius 1 is 0.478 bits per heavy atom. The number of rotatable bonds is 0. The molecule has 2 aliphatic rings. The molecule has 0 aromatic carbocycles. The van der Waals surface area contributed by atoms with E-state index in [2.05, 4.69) is 0 Å². The summed E-state index contributed by atoms with van der Waals surface area (Å²) in [6, 6.07) is 0. The van der Waals surface area contributed by atoms with Crippen molar-refractivity contribution in [3.63, 3.8) is 0 Å². The predicted molar refractivity (Wildman–Crippen MR) is 112 cm³/mol. The Labute approximate surface area is 200 Å². The fourth-order valence-electron chi connectivity index (χ4n) is 2.14. The molecule has 0 aliphatic heterocycles. The van der Waals surface area contributed by atoms with Gasteiger partial charge in [-0.1, -0.05) is 0 Å².